The monoisotopic (exact) mass is 386 g/mol. The molecule has 3 nitrogen and oxygen atoms in total. The van der Waals surface area contributed by atoms with Crippen molar-refractivity contribution in [3.8, 4) is 0 Å². The van der Waals surface area contributed by atoms with Gasteiger partial charge < -0.3 is 4.74 Å². The van der Waals surface area contributed by atoms with Crippen molar-refractivity contribution in [2.24, 2.45) is 0 Å². The van der Waals surface area contributed by atoms with Crippen molar-refractivity contribution in [1.29, 1.82) is 0 Å². The smallest absolute Gasteiger partial charge is 0.310 e. The van der Waals surface area contributed by atoms with Crippen molar-refractivity contribution in [1.82, 2.24) is 0 Å². The number of ketones is 1. The molecule has 0 bridgehead atoms. The first-order chi connectivity index (χ1) is 11.6. The number of aryl methyl sites for hydroxylation is 2. The second-order valence-electron chi connectivity index (χ2n) is 6.08. The van der Waals surface area contributed by atoms with Gasteiger partial charge in [0.2, 0.25) is 0 Å². The molecule has 4 heteroatoms. The van der Waals surface area contributed by atoms with Gasteiger partial charge in [-0.1, -0.05) is 40.2 Å². The normalized spacial score (nSPS) is 13.2. The molecule has 0 spiro atoms. The molecular weight excluding hydrogens is 368 g/mol. The van der Waals surface area contributed by atoms with Gasteiger partial charge in [0.05, 0.1) is 6.42 Å². The molecule has 0 amide bonds. The molecule has 124 valence electrons. The van der Waals surface area contributed by atoms with Gasteiger partial charge in [-0.05, 0) is 60.6 Å². The number of ether oxygens (including phenoxy) is 1. The van der Waals surface area contributed by atoms with Crippen molar-refractivity contribution in [3.05, 3.63) is 69.2 Å². The third kappa shape index (κ3) is 4.32. The highest BCUT2D eigenvalue weighted by Crippen LogP contribution is 2.22. The van der Waals surface area contributed by atoms with E-state index in [4.69, 9.17) is 4.74 Å². The Morgan fingerprint density at radius 2 is 1.67 bits per heavy atom. The number of rotatable bonds is 5. The molecule has 0 heterocycles. The van der Waals surface area contributed by atoms with Crippen LogP contribution in [0, 0.1) is 0 Å². The van der Waals surface area contributed by atoms with Crippen LogP contribution in [0.25, 0.3) is 0 Å². The van der Waals surface area contributed by atoms with Crippen LogP contribution < -0.4 is 0 Å². The number of carbonyl (C=O) groups excluding carboxylic acids is 2. The Kier molecular flexibility index (Phi) is 5.46. The van der Waals surface area contributed by atoms with Gasteiger partial charge >= 0.3 is 5.97 Å². The highest BCUT2D eigenvalue weighted by Gasteiger charge is 2.14. The minimum Gasteiger partial charge on any atom is -0.457 e. The topological polar surface area (TPSA) is 43.4 Å². The van der Waals surface area contributed by atoms with E-state index >= 15 is 0 Å². The molecule has 1 aliphatic carbocycles. The number of Topliss-reactive ketones (excluding diaryl/α,β-unsaturated/α-hetero) is 1. The van der Waals surface area contributed by atoms with Crippen LogP contribution in [-0.2, 0) is 28.8 Å². The van der Waals surface area contributed by atoms with E-state index in [-0.39, 0.29) is 24.8 Å². The Morgan fingerprint density at radius 3 is 2.42 bits per heavy atom. The molecule has 0 atom stereocenters. The van der Waals surface area contributed by atoms with Gasteiger partial charge in [0.25, 0.3) is 0 Å². The van der Waals surface area contributed by atoms with E-state index in [1.165, 1.54) is 24.0 Å². The minimum absolute atomic E-state index is 0.146. The molecule has 1 aliphatic rings. The van der Waals surface area contributed by atoms with E-state index in [2.05, 4.69) is 15.9 Å². The van der Waals surface area contributed by atoms with E-state index in [1.807, 2.05) is 42.5 Å². The van der Waals surface area contributed by atoms with Gasteiger partial charge in [-0.15, -0.1) is 0 Å². The van der Waals surface area contributed by atoms with E-state index in [1.54, 1.807) is 0 Å². The molecule has 0 N–H and O–H groups in total. The molecule has 24 heavy (non-hydrogen) atoms. The van der Waals surface area contributed by atoms with E-state index < -0.39 is 0 Å². The summed E-state index contributed by atoms with van der Waals surface area (Å²) in [4.78, 5) is 24.1. The number of carbonyl (C=O) groups is 2. The fourth-order valence-electron chi connectivity index (χ4n) is 2.96. The maximum atomic E-state index is 12.2. The van der Waals surface area contributed by atoms with Crippen LogP contribution in [-0.4, -0.2) is 18.4 Å². The molecule has 2 aromatic rings. The van der Waals surface area contributed by atoms with Gasteiger partial charge in [0, 0.05) is 10.0 Å². The van der Waals surface area contributed by atoms with Crippen LogP contribution in [0.2, 0.25) is 0 Å². The maximum Gasteiger partial charge on any atom is 0.310 e. The lowest BCUT2D eigenvalue weighted by Crippen LogP contribution is -2.16. The number of fused-ring (bicyclic) bond motifs is 1. The predicted octanol–water partition coefficient (Wildman–Crippen LogP) is 4.30. The van der Waals surface area contributed by atoms with Crippen molar-refractivity contribution in [2.75, 3.05) is 6.61 Å². The Morgan fingerprint density at radius 1 is 0.958 bits per heavy atom. The van der Waals surface area contributed by atoms with Crippen LogP contribution in [0.5, 0.6) is 0 Å². The average molecular weight is 387 g/mol. The largest absolute Gasteiger partial charge is 0.457 e. The summed E-state index contributed by atoms with van der Waals surface area (Å²) in [5.41, 5.74) is 4.09. The van der Waals surface area contributed by atoms with Crippen LogP contribution in [0.1, 0.15) is 39.9 Å². The number of hydrogen-bond acceptors (Lipinski definition) is 3. The molecule has 2 aromatic carbocycles. The number of halogens is 1. The number of esters is 1. The fourth-order valence-corrected chi connectivity index (χ4v) is 3.22. The Bertz CT molecular complexity index is 750. The lowest BCUT2D eigenvalue weighted by Gasteiger charge is -2.16. The van der Waals surface area contributed by atoms with E-state index in [9.17, 15) is 9.59 Å². The van der Waals surface area contributed by atoms with Crippen molar-refractivity contribution in [3.63, 3.8) is 0 Å². The summed E-state index contributed by atoms with van der Waals surface area (Å²) in [6, 6.07) is 13.3. The quantitative estimate of drug-likeness (QED) is 0.568. The second kappa shape index (κ2) is 7.75. The summed E-state index contributed by atoms with van der Waals surface area (Å²) in [5.74, 6) is -0.531. The van der Waals surface area contributed by atoms with Crippen molar-refractivity contribution in [2.45, 2.75) is 32.1 Å². The van der Waals surface area contributed by atoms with E-state index in [0.717, 1.165) is 22.9 Å². The zero-order valence-corrected chi connectivity index (χ0v) is 15.0. The highest BCUT2D eigenvalue weighted by atomic mass is 79.9. The molecule has 3 rings (SSSR count). The zero-order valence-electron chi connectivity index (χ0n) is 13.4. The molecule has 0 aliphatic heterocycles. The van der Waals surface area contributed by atoms with Crippen LogP contribution in [0.15, 0.2) is 46.9 Å². The first-order valence-electron chi connectivity index (χ1n) is 8.17. The summed E-state index contributed by atoms with van der Waals surface area (Å²) in [5, 5.41) is 0. The molecule has 0 radical (unpaired) electrons. The first-order valence-corrected chi connectivity index (χ1v) is 8.96. The lowest BCUT2D eigenvalue weighted by molar-refractivity contribution is -0.141. The zero-order chi connectivity index (χ0) is 16.9. The predicted molar refractivity (Wildman–Crippen MR) is 96.2 cm³/mol. The van der Waals surface area contributed by atoms with Crippen LogP contribution in [0.3, 0.4) is 0 Å². The van der Waals surface area contributed by atoms with Gasteiger partial charge in [-0.2, -0.15) is 0 Å². The standard InChI is InChI=1S/C20H19BrO3/c21-18-9-5-14(6-10-18)11-20(23)24-13-19(22)17-8-7-15-3-1-2-4-16(15)12-17/h5-10,12H,1-4,11,13H2. The van der Waals surface area contributed by atoms with E-state index in [0.29, 0.717) is 5.56 Å². The summed E-state index contributed by atoms with van der Waals surface area (Å²) < 4.78 is 6.10. The van der Waals surface area contributed by atoms with Gasteiger partial charge in [-0.3, -0.25) is 9.59 Å². The van der Waals surface area contributed by atoms with Gasteiger partial charge in [0.1, 0.15) is 0 Å². The molecule has 0 saturated heterocycles. The first kappa shape index (κ1) is 16.9. The minimum atomic E-state index is -0.386. The maximum absolute atomic E-state index is 12.2. The lowest BCUT2D eigenvalue weighted by atomic mass is 9.90. The van der Waals surface area contributed by atoms with Crippen molar-refractivity contribution >= 4 is 27.7 Å². The molecular formula is C20H19BrO3. The van der Waals surface area contributed by atoms with Gasteiger partial charge in [0.15, 0.2) is 12.4 Å². The number of hydrogen-bond donors (Lipinski definition) is 0. The Hall–Kier alpha value is -1.94. The summed E-state index contributed by atoms with van der Waals surface area (Å²) in [7, 11) is 0. The summed E-state index contributed by atoms with van der Waals surface area (Å²) in [6.45, 7) is -0.200. The Balaban J connectivity index is 1.55. The third-order valence-electron chi connectivity index (χ3n) is 4.30. The molecule has 0 aromatic heterocycles. The Labute approximate surface area is 150 Å². The molecule has 0 fully saturated rings. The molecule has 0 unspecified atom stereocenters. The second-order valence-corrected chi connectivity index (χ2v) is 6.99. The number of benzene rings is 2. The van der Waals surface area contributed by atoms with Crippen LogP contribution in [0.4, 0.5) is 0 Å². The SMILES string of the molecule is O=C(Cc1ccc(Br)cc1)OCC(=O)c1ccc2c(c1)CCCC2. The van der Waals surface area contributed by atoms with Crippen molar-refractivity contribution < 1.29 is 14.3 Å². The van der Waals surface area contributed by atoms with Crippen LogP contribution >= 0.6 is 15.9 Å². The fraction of sp³-hybridized carbons (Fsp3) is 0.300. The summed E-state index contributed by atoms with van der Waals surface area (Å²) >= 11 is 3.35. The molecule has 0 saturated carbocycles. The summed E-state index contributed by atoms with van der Waals surface area (Å²) in [6.07, 6.45) is 4.68. The third-order valence-corrected chi connectivity index (χ3v) is 4.83. The van der Waals surface area contributed by atoms with Gasteiger partial charge in [-0.25, -0.2) is 0 Å². The average Bonchev–Trinajstić information content (AvgIpc) is 2.61. The highest BCUT2D eigenvalue weighted by molar-refractivity contribution is 9.10.